The third-order valence-electron chi connectivity index (χ3n) is 4.64. The molecule has 0 spiro atoms. The maximum Gasteiger partial charge on any atom is 0.266 e. The van der Waals surface area contributed by atoms with Crippen molar-refractivity contribution >= 4 is 57.5 Å². The average molecular weight is 470 g/mol. The molecule has 0 unspecified atom stereocenters. The molecule has 0 fully saturated rings. The second-order valence-electron chi connectivity index (χ2n) is 6.78. The Bertz CT molecular complexity index is 1340. The van der Waals surface area contributed by atoms with Gasteiger partial charge in [0.1, 0.15) is 0 Å². The minimum Gasteiger partial charge on any atom is -0.323 e. The number of nitrogens with one attached hydrogen (secondary N) is 1. The molecule has 3 aromatic carbocycles. The first-order valence-corrected chi connectivity index (χ1v) is 11.1. The van der Waals surface area contributed by atoms with Crippen LogP contribution in [0.3, 0.4) is 0 Å². The number of fused-ring (bicyclic) bond motifs is 1. The summed E-state index contributed by atoms with van der Waals surface area (Å²) >= 11 is 13.6. The third-order valence-corrected chi connectivity index (χ3v) is 6.38. The quantitative estimate of drug-likeness (QED) is 0.299. The summed E-state index contributed by atoms with van der Waals surface area (Å²) in [6, 6.07) is 19.8. The van der Waals surface area contributed by atoms with Crippen LogP contribution in [0.5, 0.6) is 0 Å². The SMILES string of the molecule is Cc1ccc(Cl)c(NC(=O)CSc2nc3ccccc3c(=O)n2-c2ccccc2)c1Cl. The lowest BCUT2D eigenvalue weighted by Gasteiger charge is -2.14. The zero-order valence-corrected chi connectivity index (χ0v) is 18.8. The second kappa shape index (κ2) is 9.14. The molecule has 4 rings (SSSR count). The summed E-state index contributed by atoms with van der Waals surface area (Å²) in [7, 11) is 0. The Morgan fingerprint density at radius 3 is 2.52 bits per heavy atom. The van der Waals surface area contributed by atoms with Crippen molar-refractivity contribution in [3.05, 3.63) is 92.7 Å². The molecule has 0 saturated carbocycles. The van der Waals surface area contributed by atoms with Crippen molar-refractivity contribution in [1.82, 2.24) is 9.55 Å². The summed E-state index contributed by atoms with van der Waals surface area (Å²) in [4.78, 5) is 30.5. The van der Waals surface area contributed by atoms with Gasteiger partial charge in [0.25, 0.3) is 5.56 Å². The molecule has 1 heterocycles. The van der Waals surface area contributed by atoms with E-state index in [9.17, 15) is 9.59 Å². The zero-order valence-electron chi connectivity index (χ0n) is 16.4. The minimum absolute atomic E-state index is 0.0260. The molecule has 0 aliphatic carbocycles. The number of carbonyl (C=O) groups excluding carboxylic acids is 1. The van der Waals surface area contributed by atoms with E-state index < -0.39 is 0 Å². The van der Waals surface area contributed by atoms with E-state index in [2.05, 4.69) is 10.3 Å². The number of hydrogen-bond donors (Lipinski definition) is 1. The topological polar surface area (TPSA) is 64.0 Å². The first-order chi connectivity index (χ1) is 15.0. The maximum atomic E-state index is 13.2. The molecule has 5 nitrogen and oxygen atoms in total. The molecule has 1 aromatic heterocycles. The van der Waals surface area contributed by atoms with E-state index >= 15 is 0 Å². The van der Waals surface area contributed by atoms with Crippen LogP contribution in [-0.2, 0) is 4.79 Å². The van der Waals surface area contributed by atoms with Gasteiger partial charge in [-0.2, -0.15) is 0 Å². The number of para-hydroxylation sites is 2. The monoisotopic (exact) mass is 469 g/mol. The Hall–Kier alpha value is -2.80. The highest BCUT2D eigenvalue weighted by atomic mass is 35.5. The van der Waals surface area contributed by atoms with Crippen molar-refractivity contribution < 1.29 is 4.79 Å². The van der Waals surface area contributed by atoms with E-state index in [-0.39, 0.29) is 17.2 Å². The van der Waals surface area contributed by atoms with Crippen LogP contribution in [0, 0.1) is 6.92 Å². The van der Waals surface area contributed by atoms with Gasteiger partial charge in [-0.25, -0.2) is 4.98 Å². The predicted octanol–water partition coefficient (Wildman–Crippen LogP) is 5.73. The molecule has 8 heteroatoms. The average Bonchev–Trinajstić information content (AvgIpc) is 2.78. The minimum atomic E-state index is -0.304. The number of amides is 1. The van der Waals surface area contributed by atoms with Gasteiger partial charge in [0.2, 0.25) is 5.91 Å². The normalized spacial score (nSPS) is 10.9. The Morgan fingerprint density at radius 2 is 1.74 bits per heavy atom. The fourth-order valence-electron chi connectivity index (χ4n) is 3.09. The van der Waals surface area contributed by atoms with Gasteiger partial charge in [-0.15, -0.1) is 0 Å². The highest BCUT2D eigenvalue weighted by Crippen LogP contribution is 2.33. The Morgan fingerprint density at radius 1 is 1.03 bits per heavy atom. The Kier molecular flexibility index (Phi) is 6.32. The molecular weight excluding hydrogens is 453 g/mol. The van der Waals surface area contributed by atoms with Crippen LogP contribution < -0.4 is 10.9 Å². The molecule has 0 bridgehead atoms. The van der Waals surface area contributed by atoms with Crippen molar-refractivity contribution in [2.75, 3.05) is 11.1 Å². The summed E-state index contributed by atoms with van der Waals surface area (Å²) < 4.78 is 1.52. The van der Waals surface area contributed by atoms with Crippen molar-refractivity contribution in [2.45, 2.75) is 12.1 Å². The van der Waals surface area contributed by atoms with Crippen LogP contribution in [-0.4, -0.2) is 21.2 Å². The lowest BCUT2D eigenvalue weighted by molar-refractivity contribution is -0.113. The smallest absolute Gasteiger partial charge is 0.266 e. The predicted molar refractivity (Wildman–Crippen MR) is 128 cm³/mol. The number of carbonyl (C=O) groups is 1. The van der Waals surface area contributed by atoms with Crippen LogP contribution in [0.2, 0.25) is 10.0 Å². The summed E-state index contributed by atoms with van der Waals surface area (Å²) in [6.45, 7) is 1.83. The number of aromatic nitrogens is 2. The largest absolute Gasteiger partial charge is 0.323 e. The van der Waals surface area contributed by atoms with Gasteiger partial charge in [-0.3, -0.25) is 14.2 Å². The number of nitrogens with zero attached hydrogens (tertiary/aromatic N) is 2. The van der Waals surface area contributed by atoms with Crippen molar-refractivity contribution in [3.63, 3.8) is 0 Å². The van der Waals surface area contributed by atoms with Gasteiger partial charge < -0.3 is 5.32 Å². The number of benzene rings is 3. The summed E-state index contributed by atoms with van der Waals surface area (Å²) in [5.74, 6) is -0.278. The molecule has 31 heavy (non-hydrogen) atoms. The highest BCUT2D eigenvalue weighted by molar-refractivity contribution is 7.99. The fraction of sp³-hybridized carbons (Fsp3) is 0.0870. The van der Waals surface area contributed by atoms with E-state index in [0.717, 1.165) is 5.56 Å². The van der Waals surface area contributed by atoms with E-state index in [4.69, 9.17) is 23.2 Å². The van der Waals surface area contributed by atoms with Gasteiger partial charge >= 0.3 is 0 Å². The molecule has 156 valence electrons. The number of rotatable bonds is 5. The summed E-state index contributed by atoms with van der Waals surface area (Å²) in [6.07, 6.45) is 0. The highest BCUT2D eigenvalue weighted by Gasteiger charge is 2.16. The van der Waals surface area contributed by atoms with Gasteiger partial charge in [-0.05, 0) is 42.8 Å². The molecule has 4 aromatic rings. The molecule has 0 atom stereocenters. The van der Waals surface area contributed by atoms with Gasteiger partial charge in [0.15, 0.2) is 5.16 Å². The first-order valence-electron chi connectivity index (χ1n) is 9.40. The Labute approximate surface area is 193 Å². The van der Waals surface area contributed by atoms with Crippen LogP contribution in [0.4, 0.5) is 5.69 Å². The number of aryl methyl sites for hydroxylation is 1. The molecule has 0 radical (unpaired) electrons. The molecule has 0 aliphatic rings. The molecular formula is C23H17Cl2N3O2S. The van der Waals surface area contributed by atoms with Crippen LogP contribution >= 0.6 is 35.0 Å². The lowest BCUT2D eigenvalue weighted by atomic mass is 10.2. The molecule has 1 amide bonds. The van der Waals surface area contributed by atoms with Crippen LogP contribution in [0.25, 0.3) is 16.6 Å². The number of hydrogen-bond acceptors (Lipinski definition) is 4. The second-order valence-corrected chi connectivity index (χ2v) is 8.51. The van der Waals surface area contributed by atoms with Crippen molar-refractivity contribution in [3.8, 4) is 5.69 Å². The van der Waals surface area contributed by atoms with Crippen LogP contribution in [0.1, 0.15) is 5.56 Å². The van der Waals surface area contributed by atoms with E-state index in [0.29, 0.717) is 37.5 Å². The fourth-order valence-corrected chi connectivity index (χ4v) is 4.37. The lowest BCUT2D eigenvalue weighted by Crippen LogP contribution is -2.23. The first kappa shape index (κ1) is 21.4. The van der Waals surface area contributed by atoms with Gasteiger partial charge in [-0.1, -0.05) is 71.4 Å². The number of halogens is 2. The zero-order chi connectivity index (χ0) is 22.0. The third kappa shape index (κ3) is 4.46. The maximum absolute atomic E-state index is 13.2. The van der Waals surface area contributed by atoms with E-state index in [1.54, 1.807) is 30.3 Å². The number of anilines is 1. The molecule has 1 N–H and O–H groups in total. The standard InChI is InChI=1S/C23H17Cl2N3O2S/c1-14-11-12-17(24)21(20(14)25)27-19(29)13-31-23-26-18-10-6-5-9-16(18)22(30)28(23)15-7-3-2-4-8-15/h2-12H,13H2,1H3,(H,27,29). The van der Waals surface area contributed by atoms with E-state index in [1.165, 1.54) is 16.3 Å². The van der Waals surface area contributed by atoms with Crippen molar-refractivity contribution in [1.29, 1.82) is 0 Å². The van der Waals surface area contributed by atoms with Gasteiger partial charge in [0, 0.05) is 0 Å². The molecule has 0 aliphatic heterocycles. The van der Waals surface area contributed by atoms with Gasteiger partial charge in [0.05, 0.1) is 38.1 Å². The summed E-state index contributed by atoms with van der Waals surface area (Å²) in [5.41, 5.74) is 2.25. The van der Waals surface area contributed by atoms with Crippen molar-refractivity contribution in [2.24, 2.45) is 0 Å². The Balaban J connectivity index is 1.66. The summed E-state index contributed by atoms with van der Waals surface area (Å²) in [5, 5.41) is 4.46. The van der Waals surface area contributed by atoms with E-state index in [1.807, 2.05) is 43.3 Å². The number of thioether (sulfide) groups is 1. The molecule has 0 saturated heterocycles. The van der Waals surface area contributed by atoms with Crippen LogP contribution in [0.15, 0.2) is 76.7 Å².